The molecule has 0 aromatic heterocycles. The number of aliphatic hydroxyl groups is 1. The molecule has 228 valence electrons. The number of anilines is 2. The van der Waals surface area contributed by atoms with Gasteiger partial charge >= 0.3 is 5.97 Å². The molecule has 0 radical (unpaired) electrons. The van der Waals surface area contributed by atoms with E-state index in [2.05, 4.69) is 18.7 Å². The number of rotatable bonds is 8. The van der Waals surface area contributed by atoms with E-state index in [1.54, 1.807) is 4.90 Å². The molecule has 0 aliphatic carbocycles. The molecule has 0 saturated carbocycles. The van der Waals surface area contributed by atoms with E-state index in [4.69, 9.17) is 9.47 Å². The molecule has 0 bridgehead atoms. The summed E-state index contributed by atoms with van der Waals surface area (Å²) in [5.74, 6) is -3.12. The van der Waals surface area contributed by atoms with Crippen molar-refractivity contribution < 1.29 is 29.0 Å². The zero-order valence-corrected chi connectivity index (χ0v) is 25.5. The second kappa shape index (κ2) is 11.8. The third-order valence-corrected chi connectivity index (χ3v) is 9.82. The summed E-state index contributed by atoms with van der Waals surface area (Å²) in [6.45, 7) is 12.0. The Labute approximate surface area is 249 Å². The van der Waals surface area contributed by atoms with Crippen molar-refractivity contribution in [1.82, 2.24) is 4.90 Å². The highest BCUT2D eigenvalue weighted by molar-refractivity contribution is 6.05. The topological polar surface area (TPSA) is 99.6 Å². The van der Waals surface area contributed by atoms with Gasteiger partial charge in [0.25, 0.3) is 5.91 Å². The fourth-order valence-electron chi connectivity index (χ4n) is 7.41. The largest absolute Gasteiger partial charge is 0.465 e. The highest BCUT2D eigenvalue weighted by Gasteiger charge is 2.75. The van der Waals surface area contributed by atoms with Crippen LogP contribution in [0.4, 0.5) is 11.4 Å². The molecule has 2 amide bonds. The van der Waals surface area contributed by atoms with Gasteiger partial charge in [-0.25, -0.2) is 0 Å². The Bertz CT molecular complexity index is 1240. The fourth-order valence-corrected chi connectivity index (χ4v) is 7.41. The Hall–Kier alpha value is -3.17. The second-order valence-corrected chi connectivity index (χ2v) is 12.1. The maximum absolute atomic E-state index is 14.8. The summed E-state index contributed by atoms with van der Waals surface area (Å²) >= 11 is 0. The number of likely N-dealkylation sites (tertiary alicyclic amines) is 1. The van der Waals surface area contributed by atoms with Crippen LogP contribution in [0.25, 0.3) is 0 Å². The molecule has 1 aromatic carbocycles. The molecule has 4 heterocycles. The van der Waals surface area contributed by atoms with Crippen molar-refractivity contribution in [3.63, 3.8) is 0 Å². The third-order valence-electron chi connectivity index (χ3n) is 9.82. The number of fused-ring (bicyclic) bond motifs is 2. The Morgan fingerprint density at radius 2 is 1.74 bits per heavy atom. The van der Waals surface area contributed by atoms with Crippen molar-refractivity contribution in [2.45, 2.75) is 77.2 Å². The van der Waals surface area contributed by atoms with Crippen LogP contribution in [0.1, 0.15) is 53.9 Å². The quantitative estimate of drug-likeness (QED) is 0.370. The van der Waals surface area contributed by atoms with E-state index in [1.807, 2.05) is 69.3 Å². The summed E-state index contributed by atoms with van der Waals surface area (Å²) in [5, 5.41) is 10.6. The minimum Gasteiger partial charge on any atom is -0.465 e. The Morgan fingerprint density at radius 3 is 2.38 bits per heavy atom. The highest BCUT2D eigenvalue weighted by atomic mass is 16.6. The van der Waals surface area contributed by atoms with Gasteiger partial charge in [-0.1, -0.05) is 44.6 Å². The van der Waals surface area contributed by atoms with Gasteiger partial charge in [0.05, 0.1) is 30.8 Å². The first kappa shape index (κ1) is 30.3. The molecule has 42 heavy (non-hydrogen) atoms. The van der Waals surface area contributed by atoms with Crippen LogP contribution in [0.15, 0.2) is 48.6 Å². The standard InChI is InChI=1S/C33H45N3O6/c1-6-22(4)25(21-37)36-28-30(39)35(24-15-13-23(14-16-24)34(7-2)8-3)19-12-18-33(28)26(29(36)38)27-31(40)41-20-11-9-10-17-32(27,5)42-33/h10,12-18,22,25-28,37H,6-9,11,19-21H2,1-5H3/b17-10-/t22-,25-,26-,27-,28?,32+,33-/m0/s1. The van der Waals surface area contributed by atoms with Gasteiger partial charge in [-0.3, -0.25) is 14.4 Å². The van der Waals surface area contributed by atoms with E-state index in [9.17, 15) is 19.5 Å². The second-order valence-electron chi connectivity index (χ2n) is 12.1. The van der Waals surface area contributed by atoms with Crippen molar-refractivity contribution in [3.8, 4) is 0 Å². The minimum atomic E-state index is -1.40. The van der Waals surface area contributed by atoms with Crippen LogP contribution in [0.5, 0.6) is 0 Å². The molecule has 9 nitrogen and oxygen atoms in total. The smallest absolute Gasteiger partial charge is 0.313 e. The minimum absolute atomic E-state index is 0.0876. The number of amides is 2. The molecular weight excluding hydrogens is 534 g/mol. The number of ether oxygens (including phenoxy) is 2. The third kappa shape index (κ3) is 4.74. The lowest BCUT2D eigenvalue weighted by atomic mass is 9.74. The molecule has 4 aliphatic heterocycles. The number of allylic oxidation sites excluding steroid dienone is 1. The average molecular weight is 580 g/mol. The highest BCUT2D eigenvalue weighted by Crippen LogP contribution is 2.58. The molecule has 1 unspecified atom stereocenters. The Kier molecular flexibility index (Phi) is 8.54. The number of nitrogens with zero attached hydrogens (tertiary/aromatic N) is 3. The number of carbonyl (C=O) groups is 3. The van der Waals surface area contributed by atoms with Crippen LogP contribution >= 0.6 is 0 Å². The van der Waals surface area contributed by atoms with Gasteiger partial charge in [0.1, 0.15) is 17.6 Å². The van der Waals surface area contributed by atoms with Gasteiger partial charge in [0.15, 0.2) is 0 Å². The molecule has 9 heteroatoms. The van der Waals surface area contributed by atoms with Gasteiger partial charge < -0.3 is 29.3 Å². The molecule has 5 rings (SSSR count). The predicted octanol–water partition coefficient (Wildman–Crippen LogP) is 3.71. The van der Waals surface area contributed by atoms with Gasteiger partial charge in [-0.2, -0.15) is 0 Å². The molecule has 2 saturated heterocycles. The number of hydrogen-bond acceptors (Lipinski definition) is 7. The zero-order valence-electron chi connectivity index (χ0n) is 25.5. The van der Waals surface area contributed by atoms with Crippen molar-refractivity contribution in [2.75, 3.05) is 42.6 Å². The number of aliphatic hydroxyl groups excluding tert-OH is 1. The van der Waals surface area contributed by atoms with Gasteiger partial charge in [-0.15, -0.1) is 0 Å². The Morgan fingerprint density at radius 1 is 1.02 bits per heavy atom. The predicted molar refractivity (Wildman–Crippen MR) is 161 cm³/mol. The van der Waals surface area contributed by atoms with E-state index in [0.717, 1.165) is 18.8 Å². The lowest BCUT2D eigenvalue weighted by Gasteiger charge is -2.41. The van der Waals surface area contributed by atoms with Crippen molar-refractivity contribution in [1.29, 1.82) is 0 Å². The maximum atomic E-state index is 14.8. The van der Waals surface area contributed by atoms with Crippen LogP contribution < -0.4 is 9.80 Å². The first-order chi connectivity index (χ1) is 20.2. The van der Waals surface area contributed by atoms with Crippen LogP contribution in [-0.2, 0) is 23.9 Å². The molecule has 1 aromatic rings. The summed E-state index contributed by atoms with van der Waals surface area (Å²) in [4.78, 5) is 48.4. The summed E-state index contributed by atoms with van der Waals surface area (Å²) in [5.41, 5.74) is -0.754. The monoisotopic (exact) mass is 579 g/mol. The van der Waals surface area contributed by atoms with Crippen molar-refractivity contribution in [2.24, 2.45) is 17.8 Å². The van der Waals surface area contributed by atoms with Gasteiger partial charge in [0, 0.05) is 31.0 Å². The first-order valence-corrected chi connectivity index (χ1v) is 15.5. The fraction of sp³-hybridized carbons (Fsp3) is 0.606. The zero-order chi connectivity index (χ0) is 30.2. The number of benzene rings is 1. The number of carbonyl (C=O) groups excluding carboxylic acids is 3. The molecule has 1 spiro atoms. The van der Waals surface area contributed by atoms with E-state index in [-0.39, 0.29) is 37.5 Å². The molecular formula is C33H45N3O6. The van der Waals surface area contributed by atoms with Crippen molar-refractivity contribution >= 4 is 29.2 Å². The molecule has 4 aliphatic rings. The molecule has 1 N–H and O–H groups in total. The first-order valence-electron chi connectivity index (χ1n) is 15.5. The van der Waals surface area contributed by atoms with Crippen LogP contribution in [0.3, 0.4) is 0 Å². The lowest BCUT2D eigenvalue weighted by molar-refractivity contribution is -0.160. The van der Waals surface area contributed by atoms with E-state index in [0.29, 0.717) is 24.9 Å². The van der Waals surface area contributed by atoms with E-state index < -0.39 is 41.1 Å². The normalized spacial score (nSPS) is 33.0. The summed E-state index contributed by atoms with van der Waals surface area (Å²) in [6, 6.07) is 6.21. The number of esters is 1. The van der Waals surface area contributed by atoms with Gasteiger partial charge in [-0.05, 0) is 63.8 Å². The Balaban J connectivity index is 1.63. The number of cyclic esters (lactones) is 1. The molecule has 7 atom stereocenters. The number of hydrogen-bond donors (Lipinski definition) is 1. The summed E-state index contributed by atoms with van der Waals surface area (Å²) < 4.78 is 12.5. The maximum Gasteiger partial charge on any atom is 0.313 e. The van der Waals surface area contributed by atoms with Gasteiger partial charge in [0.2, 0.25) is 5.91 Å². The van der Waals surface area contributed by atoms with E-state index in [1.165, 1.54) is 4.90 Å². The summed E-state index contributed by atoms with van der Waals surface area (Å²) in [6.07, 6.45) is 9.66. The van der Waals surface area contributed by atoms with Crippen LogP contribution in [0.2, 0.25) is 0 Å². The van der Waals surface area contributed by atoms with Crippen LogP contribution in [0, 0.1) is 17.8 Å². The van der Waals surface area contributed by atoms with E-state index >= 15 is 0 Å². The molecule has 2 fully saturated rings. The SMILES string of the molecule is CC[C@H](C)[C@H](CO)N1C(=O)[C@@H]2[C@H]3C(=O)OCCC/C=C\[C@@]3(C)O[C@@]23C=CCN(c2ccc(N(CC)CC)cc2)C(=O)C13. The van der Waals surface area contributed by atoms with Crippen molar-refractivity contribution in [3.05, 3.63) is 48.6 Å². The summed E-state index contributed by atoms with van der Waals surface area (Å²) in [7, 11) is 0. The lowest BCUT2D eigenvalue weighted by Crippen LogP contribution is -2.60. The van der Waals surface area contributed by atoms with Crippen LogP contribution in [-0.4, -0.2) is 83.9 Å². The average Bonchev–Trinajstić information content (AvgIpc) is 3.33.